The molecule has 128 valence electrons. The highest BCUT2D eigenvalue weighted by atomic mass is 35.5. The zero-order valence-electron chi connectivity index (χ0n) is 13.1. The lowest BCUT2D eigenvalue weighted by atomic mass is 10.2. The van der Waals surface area contributed by atoms with E-state index in [-0.39, 0.29) is 36.8 Å². The van der Waals surface area contributed by atoms with E-state index in [4.69, 9.17) is 17.3 Å². The molecule has 1 aromatic carbocycles. The van der Waals surface area contributed by atoms with Crippen LogP contribution in [-0.2, 0) is 0 Å². The van der Waals surface area contributed by atoms with E-state index in [9.17, 15) is 4.79 Å². The minimum Gasteiger partial charge on any atom is -0.337 e. The SMILES string of the molecule is Cc1nc(-c2ccc(Cl)cc2)sc1C(=O)N(C)C(C)CN.Cl.Cl. The van der Waals surface area contributed by atoms with Gasteiger partial charge < -0.3 is 10.6 Å². The molecule has 0 spiro atoms. The molecule has 0 radical (unpaired) electrons. The summed E-state index contributed by atoms with van der Waals surface area (Å²) in [5, 5.41) is 1.50. The van der Waals surface area contributed by atoms with Gasteiger partial charge in [-0.2, -0.15) is 0 Å². The topological polar surface area (TPSA) is 59.2 Å². The Morgan fingerprint density at radius 1 is 1.35 bits per heavy atom. The van der Waals surface area contributed by atoms with Gasteiger partial charge in [0.15, 0.2) is 0 Å². The number of carbonyl (C=O) groups is 1. The zero-order valence-corrected chi connectivity index (χ0v) is 16.3. The third-order valence-electron chi connectivity index (χ3n) is 3.40. The fourth-order valence-corrected chi connectivity index (χ4v) is 3.01. The second kappa shape index (κ2) is 9.45. The number of hydrogen-bond donors (Lipinski definition) is 1. The van der Waals surface area contributed by atoms with E-state index in [1.807, 2.05) is 38.1 Å². The lowest BCUT2D eigenvalue weighted by Crippen LogP contribution is -2.39. The molecule has 2 N–H and O–H groups in total. The van der Waals surface area contributed by atoms with Gasteiger partial charge in [0.25, 0.3) is 5.91 Å². The number of carbonyl (C=O) groups excluding carboxylic acids is 1. The van der Waals surface area contributed by atoms with E-state index in [1.54, 1.807) is 11.9 Å². The van der Waals surface area contributed by atoms with Crippen LogP contribution in [0, 0.1) is 6.92 Å². The Bertz CT molecular complexity index is 646. The number of hydrogen-bond acceptors (Lipinski definition) is 4. The Morgan fingerprint density at radius 2 is 1.91 bits per heavy atom. The van der Waals surface area contributed by atoms with Crippen LogP contribution in [-0.4, -0.2) is 35.4 Å². The number of amides is 1. The van der Waals surface area contributed by atoms with Gasteiger partial charge in [0.2, 0.25) is 0 Å². The van der Waals surface area contributed by atoms with Crippen molar-refractivity contribution in [3.8, 4) is 10.6 Å². The minimum atomic E-state index is -0.0387. The Hall–Kier alpha value is -0.850. The number of benzene rings is 1. The first-order valence-corrected chi connectivity index (χ1v) is 7.84. The summed E-state index contributed by atoms with van der Waals surface area (Å²) in [7, 11) is 1.76. The molecule has 1 amide bonds. The molecule has 0 aliphatic rings. The van der Waals surface area contributed by atoms with Crippen molar-refractivity contribution in [1.82, 2.24) is 9.88 Å². The highest BCUT2D eigenvalue weighted by Crippen LogP contribution is 2.29. The van der Waals surface area contributed by atoms with E-state index in [0.717, 1.165) is 16.3 Å². The van der Waals surface area contributed by atoms with Crippen LogP contribution in [0.25, 0.3) is 10.6 Å². The van der Waals surface area contributed by atoms with E-state index in [2.05, 4.69) is 4.98 Å². The predicted molar refractivity (Wildman–Crippen MR) is 102 cm³/mol. The number of aromatic nitrogens is 1. The molecular formula is C15H20Cl3N3OS. The molecule has 8 heteroatoms. The number of halogens is 3. The maximum absolute atomic E-state index is 12.5. The number of aryl methyl sites for hydroxylation is 1. The number of nitrogens with two attached hydrogens (primary N) is 1. The third kappa shape index (κ3) is 5.06. The molecule has 0 aliphatic carbocycles. The zero-order chi connectivity index (χ0) is 15.6. The average molecular weight is 397 g/mol. The van der Waals surface area contributed by atoms with Crippen molar-refractivity contribution in [2.45, 2.75) is 19.9 Å². The Balaban J connectivity index is 0.00000242. The summed E-state index contributed by atoms with van der Waals surface area (Å²) in [6.45, 7) is 4.21. The fraction of sp³-hybridized carbons (Fsp3) is 0.333. The van der Waals surface area contributed by atoms with Crippen molar-refractivity contribution < 1.29 is 4.79 Å². The summed E-state index contributed by atoms with van der Waals surface area (Å²) >= 11 is 7.29. The van der Waals surface area contributed by atoms with E-state index in [0.29, 0.717) is 16.4 Å². The Labute approximate surface area is 157 Å². The lowest BCUT2D eigenvalue weighted by molar-refractivity contribution is 0.0752. The van der Waals surface area contributed by atoms with Gasteiger partial charge >= 0.3 is 0 Å². The predicted octanol–water partition coefficient (Wildman–Crippen LogP) is 4.03. The highest BCUT2D eigenvalue weighted by Gasteiger charge is 2.22. The van der Waals surface area contributed by atoms with E-state index >= 15 is 0 Å². The van der Waals surface area contributed by atoms with Gasteiger partial charge in [-0.05, 0) is 26.0 Å². The van der Waals surface area contributed by atoms with Gasteiger partial charge in [-0.1, -0.05) is 23.7 Å². The highest BCUT2D eigenvalue weighted by molar-refractivity contribution is 7.17. The molecule has 23 heavy (non-hydrogen) atoms. The molecule has 1 heterocycles. The fourth-order valence-electron chi connectivity index (χ4n) is 1.83. The number of likely N-dealkylation sites (N-methyl/N-ethyl adjacent to an activating group) is 1. The van der Waals surface area contributed by atoms with Crippen molar-refractivity contribution in [3.05, 3.63) is 39.9 Å². The van der Waals surface area contributed by atoms with Crippen LogP contribution in [0.3, 0.4) is 0 Å². The van der Waals surface area contributed by atoms with Crippen molar-refractivity contribution in [3.63, 3.8) is 0 Å². The van der Waals surface area contributed by atoms with Gasteiger partial charge in [0.05, 0.1) is 5.69 Å². The van der Waals surface area contributed by atoms with Crippen LogP contribution in [0.2, 0.25) is 5.02 Å². The van der Waals surface area contributed by atoms with Crippen LogP contribution in [0.4, 0.5) is 0 Å². The van der Waals surface area contributed by atoms with Gasteiger partial charge in [-0.25, -0.2) is 4.98 Å². The van der Waals surface area contributed by atoms with Crippen molar-refractivity contribution in [2.75, 3.05) is 13.6 Å². The normalized spacial score (nSPS) is 11.2. The van der Waals surface area contributed by atoms with Crippen molar-refractivity contribution in [1.29, 1.82) is 0 Å². The average Bonchev–Trinajstić information content (AvgIpc) is 2.87. The largest absolute Gasteiger partial charge is 0.337 e. The molecule has 0 fully saturated rings. The minimum absolute atomic E-state index is 0. The summed E-state index contributed by atoms with van der Waals surface area (Å²) in [4.78, 5) is 19.3. The van der Waals surface area contributed by atoms with Crippen LogP contribution in [0.5, 0.6) is 0 Å². The number of nitrogens with zero attached hydrogens (tertiary/aromatic N) is 2. The van der Waals surface area contributed by atoms with Gasteiger partial charge in [-0.15, -0.1) is 36.2 Å². The molecule has 1 atom stereocenters. The second-order valence-electron chi connectivity index (χ2n) is 4.94. The summed E-state index contributed by atoms with van der Waals surface area (Å²) < 4.78 is 0. The maximum Gasteiger partial charge on any atom is 0.265 e. The lowest BCUT2D eigenvalue weighted by Gasteiger charge is -2.23. The molecule has 2 aromatic rings. The summed E-state index contributed by atoms with van der Waals surface area (Å²) in [6, 6.07) is 7.44. The van der Waals surface area contributed by atoms with Crippen molar-refractivity contribution in [2.24, 2.45) is 5.73 Å². The first kappa shape index (κ1) is 22.1. The smallest absolute Gasteiger partial charge is 0.265 e. The van der Waals surface area contributed by atoms with Gasteiger partial charge in [0, 0.05) is 30.2 Å². The Kier molecular flexibility index (Phi) is 9.10. The maximum atomic E-state index is 12.5. The molecule has 1 unspecified atom stereocenters. The molecule has 1 aromatic heterocycles. The second-order valence-corrected chi connectivity index (χ2v) is 6.38. The van der Waals surface area contributed by atoms with E-state index < -0.39 is 0 Å². The molecule has 0 saturated heterocycles. The first-order valence-electron chi connectivity index (χ1n) is 6.64. The molecule has 0 bridgehead atoms. The summed E-state index contributed by atoms with van der Waals surface area (Å²) in [5.74, 6) is -0.0387. The van der Waals surface area contributed by atoms with Crippen LogP contribution in [0.1, 0.15) is 22.3 Å². The quantitative estimate of drug-likeness (QED) is 0.848. The van der Waals surface area contributed by atoms with E-state index in [1.165, 1.54) is 11.3 Å². The van der Waals surface area contributed by atoms with Crippen LogP contribution < -0.4 is 5.73 Å². The van der Waals surface area contributed by atoms with Gasteiger partial charge in [-0.3, -0.25) is 4.79 Å². The molecular weight excluding hydrogens is 377 g/mol. The van der Waals surface area contributed by atoms with Crippen molar-refractivity contribution >= 4 is 53.7 Å². The Morgan fingerprint density at radius 3 is 2.43 bits per heavy atom. The standard InChI is InChI=1S/C15H18ClN3OS.2ClH/c1-9(8-17)19(3)15(20)13-10(2)18-14(21-13)11-4-6-12(16)7-5-11;;/h4-7,9H,8,17H2,1-3H3;2*1H. The summed E-state index contributed by atoms with van der Waals surface area (Å²) in [5.41, 5.74) is 7.32. The van der Waals surface area contributed by atoms with Gasteiger partial charge in [0.1, 0.15) is 9.88 Å². The molecule has 0 aliphatic heterocycles. The molecule has 0 saturated carbocycles. The number of rotatable bonds is 4. The molecule has 2 rings (SSSR count). The third-order valence-corrected chi connectivity index (χ3v) is 4.85. The monoisotopic (exact) mass is 395 g/mol. The molecule has 4 nitrogen and oxygen atoms in total. The summed E-state index contributed by atoms with van der Waals surface area (Å²) in [6.07, 6.45) is 0. The van der Waals surface area contributed by atoms with Crippen LogP contribution >= 0.6 is 47.8 Å². The first-order chi connectivity index (χ1) is 9.93. The van der Waals surface area contributed by atoms with Crippen LogP contribution in [0.15, 0.2) is 24.3 Å². The number of thiazole rings is 1.